The first kappa shape index (κ1) is 17.3. The summed E-state index contributed by atoms with van der Waals surface area (Å²) >= 11 is 0. The Labute approximate surface area is 131 Å². The average Bonchev–Trinajstić information content (AvgIpc) is 2.45. The topological polar surface area (TPSA) is 69.6 Å². The smallest absolute Gasteiger partial charge is 0.215 e. The first-order valence-corrected chi connectivity index (χ1v) is 9.22. The Balaban J connectivity index is 1.69. The van der Waals surface area contributed by atoms with Gasteiger partial charge in [0.2, 0.25) is 10.0 Å². The molecule has 1 saturated heterocycles. The standard InChI is InChI=1S/C15H23FN2O3S/c16-14-4-1-3-13(11-14)12-22(20,21)17-7-2-8-18-9-5-15(19)6-10-18/h1,3-4,11,15,17,19H,2,5-10,12H2. The molecular weight excluding hydrogens is 307 g/mol. The summed E-state index contributed by atoms with van der Waals surface area (Å²) in [5.74, 6) is -0.638. The molecule has 2 N–H and O–H groups in total. The van der Waals surface area contributed by atoms with Crippen molar-refractivity contribution in [2.24, 2.45) is 0 Å². The normalized spacial score (nSPS) is 17.7. The van der Waals surface area contributed by atoms with Crippen molar-refractivity contribution in [2.45, 2.75) is 31.1 Å². The zero-order valence-corrected chi connectivity index (χ0v) is 13.4. The van der Waals surface area contributed by atoms with Gasteiger partial charge in [0.1, 0.15) is 5.82 Å². The minimum absolute atomic E-state index is 0.193. The van der Waals surface area contributed by atoms with Gasteiger partial charge in [-0.25, -0.2) is 17.5 Å². The van der Waals surface area contributed by atoms with Crippen LogP contribution >= 0.6 is 0 Å². The molecule has 0 aliphatic carbocycles. The van der Waals surface area contributed by atoms with E-state index in [0.29, 0.717) is 12.1 Å². The number of hydrogen-bond acceptors (Lipinski definition) is 4. The lowest BCUT2D eigenvalue weighted by atomic mass is 10.1. The van der Waals surface area contributed by atoms with E-state index in [1.54, 1.807) is 6.07 Å². The van der Waals surface area contributed by atoms with Crippen LogP contribution in [-0.2, 0) is 15.8 Å². The summed E-state index contributed by atoms with van der Waals surface area (Å²) in [7, 11) is -3.44. The molecule has 0 spiro atoms. The number of rotatable bonds is 7. The molecule has 0 radical (unpaired) electrons. The third-order valence-corrected chi connectivity index (χ3v) is 5.13. The average molecular weight is 330 g/mol. The number of nitrogens with zero attached hydrogens (tertiary/aromatic N) is 1. The fraction of sp³-hybridized carbons (Fsp3) is 0.600. The van der Waals surface area contributed by atoms with E-state index in [2.05, 4.69) is 9.62 Å². The summed E-state index contributed by atoms with van der Waals surface area (Å²) in [4.78, 5) is 2.23. The van der Waals surface area contributed by atoms with Crippen LogP contribution in [-0.4, -0.2) is 50.7 Å². The first-order valence-electron chi connectivity index (χ1n) is 7.57. The van der Waals surface area contributed by atoms with Crippen LogP contribution in [0.2, 0.25) is 0 Å². The summed E-state index contributed by atoms with van der Waals surface area (Å²) in [5.41, 5.74) is 0.442. The largest absolute Gasteiger partial charge is 0.393 e. The summed E-state index contributed by atoms with van der Waals surface area (Å²) in [6.07, 6.45) is 2.09. The molecule has 22 heavy (non-hydrogen) atoms. The molecule has 1 aliphatic heterocycles. The number of benzene rings is 1. The van der Waals surface area contributed by atoms with Gasteiger partial charge in [0.15, 0.2) is 0 Å². The Morgan fingerprint density at radius 1 is 1.32 bits per heavy atom. The van der Waals surface area contributed by atoms with E-state index in [4.69, 9.17) is 0 Å². The molecule has 0 bridgehead atoms. The fourth-order valence-electron chi connectivity index (χ4n) is 2.57. The summed E-state index contributed by atoms with van der Waals surface area (Å²) in [5, 5.41) is 9.42. The Hall–Kier alpha value is -1.02. The van der Waals surface area contributed by atoms with E-state index in [0.717, 1.165) is 38.9 Å². The van der Waals surface area contributed by atoms with E-state index in [1.807, 2.05) is 0 Å². The van der Waals surface area contributed by atoms with E-state index in [9.17, 15) is 17.9 Å². The van der Waals surface area contributed by atoms with Crippen LogP contribution in [0, 0.1) is 5.82 Å². The number of aliphatic hydroxyl groups is 1. The van der Waals surface area contributed by atoms with Gasteiger partial charge in [-0.1, -0.05) is 12.1 Å². The van der Waals surface area contributed by atoms with Crippen molar-refractivity contribution < 1.29 is 17.9 Å². The van der Waals surface area contributed by atoms with Gasteiger partial charge >= 0.3 is 0 Å². The van der Waals surface area contributed by atoms with Crippen LogP contribution in [0.1, 0.15) is 24.8 Å². The van der Waals surface area contributed by atoms with Crippen LogP contribution in [0.5, 0.6) is 0 Å². The summed E-state index contributed by atoms with van der Waals surface area (Å²) < 4.78 is 39.4. The molecule has 0 atom stereocenters. The minimum Gasteiger partial charge on any atom is -0.393 e. The van der Waals surface area contributed by atoms with Crippen LogP contribution in [0.15, 0.2) is 24.3 Å². The quantitative estimate of drug-likeness (QED) is 0.735. The summed E-state index contributed by atoms with van der Waals surface area (Å²) in [6, 6.07) is 5.63. The molecule has 0 saturated carbocycles. The molecule has 5 nitrogen and oxygen atoms in total. The third kappa shape index (κ3) is 6.00. The number of hydrogen-bond donors (Lipinski definition) is 2. The Morgan fingerprint density at radius 3 is 2.73 bits per heavy atom. The minimum atomic E-state index is -3.44. The van der Waals surface area contributed by atoms with Crippen LogP contribution in [0.4, 0.5) is 4.39 Å². The van der Waals surface area contributed by atoms with E-state index in [-0.39, 0.29) is 11.9 Å². The van der Waals surface area contributed by atoms with Crippen molar-refractivity contribution in [1.29, 1.82) is 0 Å². The predicted molar refractivity (Wildman–Crippen MR) is 83.3 cm³/mol. The first-order chi connectivity index (χ1) is 10.4. The lowest BCUT2D eigenvalue weighted by Crippen LogP contribution is -2.37. The SMILES string of the molecule is O=S(=O)(Cc1cccc(F)c1)NCCCN1CCC(O)CC1. The lowest BCUT2D eigenvalue weighted by Gasteiger charge is -2.29. The van der Waals surface area contributed by atoms with Gasteiger partial charge in [0.25, 0.3) is 0 Å². The lowest BCUT2D eigenvalue weighted by molar-refractivity contribution is 0.0823. The molecule has 7 heteroatoms. The van der Waals surface area contributed by atoms with Crippen molar-refractivity contribution >= 4 is 10.0 Å². The van der Waals surface area contributed by atoms with Crippen molar-refractivity contribution in [3.05, 3.63) is 35.6 Å². The molecule has 1 aromatic rings. The molecular formula is C15H23FN2O3S. The monoisotopic (exact) mass is 330 g/mol. The van der Waals surface area contributed by atoms with Crippen molar-refractivity contribution in [1.82, 2.24) is 9.62 Å². The zero-order valence-electron chi connectivity index (χ0n) is 12.5. The fourth-order valence-corrected chi connectivity index (χ4v) is 3.75. The van der Waals surface area contributed by atoms with Crippen molar-refractivity contribution in [3.8, 4) is 0 Å². The van der Waals surface area contributed by atoms with Crippen molar-refractivity contribution in [3.63, 3.8) is 0 Å². The maximum absolute atomic E-state index is 13.0. The van der Waals surface area contributed by atoms with Gasteiger partial charge in [-0.05, 0) is 43.5 Å². The highest BCUT2D eigenvalue weighted by Gasteiger charge is 2.16. The van der Waals surface area contributed by atoms with E-state index < -0.39 is 15.8 Å². The van der Waals surface area contributed by atoms with Gasteiger partial charge in [-0.3, -0.25) is 0 Å². The van der Waals surface area contributed by atoms with E-state index in [1.165, 1.54) is 18.2 Å². The Kier molecular flexibility index (Phi) is 6.31. The maximum Gasteiger partial charge on any atom is 0.215 e. The molecule has 0 unspecified atom stereocenters. The molecule has 1 heterocycles. The Morgan fingerprint density at radius 2 is 2.05 bits per heavy atom. The predicted octanol–water partition coefficient (Wildman–Crippen LogP) is 1.09. The number of likely N-dealkylation sites (tertiary alicyclic amines) is 1. The molecule has 0 amide bonds. The Bertz CT molecular complexity index is 572. The second kappa shape index (κ2) is 8.01. The van der Waals surface area contributed by atoms with E-state index >= 15 is 0 Å². The molecule has 0 aromatic heterocycles. The van der Waals surface area contributed by atoms with Gasteiger partial charge in [0, 0.05) is 19.6 Å². The van der Waals surface area contributed by atoms with Gasteiger partial charge in [0.05, 0.1) is 11.9 Å². The summed E-state index contributed by atoms with van der Waals surface area (Å²) in [6.45, 7) is 2.90. The highest BCUT2D eigenvalue weighted by Crippen LogP contribution is 2.10. The van der Waals surface area contributed by atoms with Gasteiger partial charge < -0.3 is 10.0 Å². The number of piperidine rings is 1. The maximum atomic E-state index is 13.0. The van der Waals surface area contributed by atoms with Gasteiger partial charge in [-0.2, -0.15) is 0 Å². The van der Waals surface area contributed by atoms with Crippen LogP contribution in [0.25, 0.3) is 0 Å². The highest BCUT2D eigenvalue weighted by atomic mass is 32.2. The number of halogens is 1. The molecule has 1 aliphatic rings. The molecule has 1 fully saturated rings. The van der Waals surface area contributed by atoms with Gasteiger partial charge in [-0.15, -0.1) is 0 Å². The number of sulfonamides is 1. The van der Waals surface area contributed by atoms with Crippen LogP contribution in [0.3, 0.4) is 0 Å². The second-order valence-electron chi connectivity index (χ2n) is 5.71. The zero-order chi connectivity index (χ0) is 16.0. The number of nitrogens with one attached hydrogen (secondary N) is 1. The second-order valence-corrected chi connectivity index (χ2v) is 7.52. The molecule has 124 valence electrons. The van der Waals surface area contributed by atoms with Crippen LogP contribution < -0.4 is 4.72 Å². The highest BCUT2D eigenvalue weighted by molar-refractivity contribution is 7.88. The molecule has 2 rings (SSSR count). The third-order valence-electron chi connectivity index (χ3n) is 3.78. The van der Waals surface area contributed by atoms with Crippen molar-refractivity contribution in [2.75, 3.05) is 26.2 Å². The molecule has 1 aromatic carbocycles. The number of aliphatic hydroxyl groups excluding tert-OH is 1.